The summed E-state index contributed by atoms with van der Waals surface area (Å²) in [7, 11) is 0. The zero-order valence-electron chi connectivity index (χ0n) is 15.5. The van der Waals surface area contributed by atoms with Gasteiger partial charge in [-0.15, -0.1) is 0 Å². The predicted molar refractivity (Wildman–Crippen MR) is 104 cm³/mol. The topological polar surface area (TPSA) is 127 Å². The highest BCUT2D eigenvalue weighted by atomic mass is 16.6. The van der Waals surface area contributed by atoms with E-state index in [0.717, 1.165) is 6.07 Å². The molecule has 1 amide bonds. The second-order valence-corrected chi connectivity index (χ2v) is 6.60. The van der Waals surface area contributed by atoms with Gasteiger partial charge in [-0.2, -0.15) is 0 Å². The van der Waals surface area contributed by atoms with E-state index >= 15 is 0 Å². The second kappa shape index (κ2) is 7.63. The number of rotatable bonds is 5. The molecule has 1 atom stereocenters. The van der Waals surface area contributed by atoms with Gasteiger partial charge in [-0.1, -0.05) is 18.2 Å². The Labute approximate surface area is 170 Å². The molecule has 9 heteroatoms. The SMILES string of the molecule is O=C1C(=O)N(Cc2ccco2)[C@@H](c2cccnc2)C1=C(O)c1cccc([N+](=O)[O-])c1. The number of hydrogen-bond donors (Lipinski definition) is 1. The van der Waals surface area contributed by atoms with Crippen molar-refractivity contribution in [2.45, 2.75) is 12.6 Å². The average Bonchev–Trinajstić information content (AvgIpc) is 3.36. The van der Waals surface area contributed by atoms with Gasteiger partial charge in [-0.3, -0.25) is 24.7 Å². The molecule has 2 aromatic heterocycles. The highest BCUT2D eigenvalue weighted by Crippen LogP contribution is 2.40. The Morgan fingerprint density at radius 3 is 2.70 bits per heavy atom. The number of carbonyl (C=O) groups is 2. The van der Waals surface area contributed by atoms with Crippen LogP contribution in [0, 0.1) is 10.1 Å². The number of aliphatic hydroxyl groups is 1. The summed E-state index contributed by atoms with van der Waals surface area (Å²) in [5.74, 6) is -1.74. The van der Waals surface area contributed by atoms with E-state index in [0.29, 0.717) is 11.3 Å². The lowest BCUT2D eigenvalue weighted by Crippen LogP contribution is -2.29. The van der Waals surface area contributed by atoms with Crippen molar-refractivity contribution in [1.82, 2.24) is 9.88 Å². The maximum atomic E-state index is 12.9. The molecule has 1 aliphatic rings. The average molecular weight is 405 g/mol. The summed E-state index contributed by atoms with van der Waals surface area (Å²) in [6, 6.07) is 11.0. The van der Waals surface area contributed by atoms with E-state index in [1.807, 2.05) is 0 Å². The van der Waals surface area contributed by atoms with Crippen LogP contribution in [0.4, 0.5) is 5.69 Å². The zero-order chi connectivity index (χ0) is 21.3. The predicted octanol–water partition coefficient (Wildman–Crippen LogP) is 3.20. The third kappa shape index (κ3) is 3.32. The van der Waals surface area contributed by atoms with Crippen LogP contribution >= 0.6 is 0 Å². The first-order valence-corrected chi connectivity index (χ1v) is 8.93. The first kappa shape index (κ1) is 19.1. The molecule has 30 heavy (non-hydrogen) atoms. The van der Waals surface area contributed by atoms with E-state index in [1.54, 1.807) is 30.5 Å². The molecule has 3 heterocycles. The van der Waals surface area contributed by atoms with Gasteiger partial charge >= 0.3 is 0 Å². The number of nitro groups is 1. The summed E-state index contributed by atoms with van der Waals surface area (Å²) in [6.07, 6.45) is 4.49. The summed E-state index contributed by atoms with van der Waals surface area (Å²) in [5.41, 5.74) is 0.158. The van der Waals surface area contributed by atoms with Crippen LogP contribution in [0.2, 0.25) is 0 Å². The lowest BCUT2D eigenvalue weighted by molar-refractivity contribution is -0.384. The van der Waals surface area contributed by atoms with Crippen LogP contribution in [0.15, 0.2) is 77.2 Å². The third-order valence-electron chi connectivity index (χ3n) is 4.78. The monoisotopic (exact) mass is 405 g/mol. The van der Waals surface area contributed by atoms with Crippen molar-refractivity contribution < 1.29 is 24.0 Å². The van der Waals surface area contributed by atoms with Gasteiger partial charge in [-0.05, 0) is 23.8 Å². The van der Waals surface area contributed by atoms with Crippen molar-refractivity contribution >= 4 is 23.1 Å². The molecular formula is C21H15N3O6. The van der Waals surface area contributed by atoms with E-state index in [9.17, 15) is 24.8 Å². The molecule has 0 unspecified atom stereocenters. The molecule has 0 spiro atoms. The first-order valence-electron chi connectivity index (χ1n) is 8.93. The van der Waals surface area contributed by atoms with E-state index in [4.69, 9.17) is 4.42 Å². The zero-order valence-corrected chi connectivity index (χ0v) is 15.5. The van der Waals surface area contributed by atoms with E-state index in [-0.39, 0.29) is 23.4 Å². The van der Waals surface area contributed by atoms with Crippen LogP contribution in [0.5, 0.6) is 0 Å². The number of non-ortho nitro benzene ring substituents is 1. The molecular weight excluding hydrogens is 390 g/mol. The van der Waals surface area contributed by atoms with Crippen LogP contribution in [-0.4, -0.2) is 31.6 Å². The molecule has 3 aromatic rings. The molecule has 150 valence electrons. The minimum absolute atomic E-state index is 0.00283. The summed E-state index contributed by atoms with van der Waals surface area (Å²) in [4.78, 5) is 41.5. The summed E-state index contributed by atoms with van der Waals surface area (Å²) in [5, 5.41) is 22.0. The van der Waals surface area contributed by atoms with Gasteiger partial charge in [0.1, 0.15) is 11.5 Å². The summed E-state index contributed by atoms with van der Waals surface area (Å²) in [6.45, 7) is 0.00283. The molecule has 4 rings (SSSR count). The van der Waals surface area contributed by atoms with Gasteiger partial charge in [0.25, 0.3) is 17.4 Å². The minimum Gasteiger partial charge on any atom is -0.507 e. The smallest absolute Gasteiger partial charge is 0.296 e. The Balaban J connectivity index is 1.87. The number of nitro benzene ring substituents is 1. The summed E-state index contributed by atoms with van der Waals surface area (Å²) < 4.78 is 5.31. The van der Waals surface area contributed by atoms with Crippen molar-refractivity contribution in [2.75, 3.05) is 0 Å². The van der Waals surface area contributed by atoms with Gasteiger partial charge in [0.15, 0.2) is 0 Å². The number of likely N-dealkylation sites (tertiary alicyclic amines) is 1. The number of Topliss-reactive ketones (excluding diaryl/α,β-unsaturated/α-hetero) is 1. The molecule has 0 bridgehead atoms. The number of amides is 1. The maximum Gasteiger partial charge on any atom is 0.296 e. The molecule has 1 aliphatic heterocycles. The first-order chi connectivity index (χ1) is 14.5. The number of pyridine rings is 1. The van der Waals surface area contributed by atoms with Gasteiger partial charge in [0, 0.05) is 30.1 Å². The Hall–Kier alpha value is -4.27. The van der Waals surface area contributed by atoms with Gasteiger partial charge < -0.3 is 14.4 Å². The number of nitrogens with zero attached hydrogens (tertiary/aromatic N) is 3. The van der Waals surface area contributed by atoms with E-state index in [1.165, 1.54) is 35.6 Å². The fourth-order valence-electron chi connectivity index (χ4n) is 3.42. The normalized spacial score (nSPS) is 18.0. The fraction of sp³-hybridized carbons (Fsp3) is 0.0952. The van der Waals surface area contributed by atoms with Gasteiger partial charge in [-0.25, -0.2) is 0 Å². The van der Waals surface area contributed by atoms with Gasteiger partial charge in [0.2, 0.25) is 0 Å². The van der Waals surface area contributed by atoms with E-state index < -0.39 is 28.4 Å². The number of hydrogen-bond acceptors (Lipinski definition) is 7. The van der Waals surface area contributed by atoms with Crippen LogP contribution in [0.25, 0.3) is 5.76 Å². The third-order valence-corrected chi connectivity index (χ3v) is 4.78. The Bertz CT molecular complexity index is 1150. The second-order valence-electron chi connectivity index (χ2n) is 6.60. The summed E-state index contributed by atoms with van der Waals surface area (Å²) >= 11 is 0. The number of carbonyl (C=O) groups excluding carboxylic acids is 2. The molecule has 1 N–H and O–H groups in total. The minimum atomic E-state index is -0.928. The molecule has 0 aliphatic carbocycles. The maximum absolute atomic E-state index is 12.9. The van der Waals surface area contributed by atoms with Crippen molar-refractivity contribution in [3.8, 4) is 0 Å². The molecule has 1 saturated heterocycles. The van der Waals surface area contributed by atoms with Crippen LogP contribution < -0.4 is 0 Å². The molecule has 1 aromatic carbocycles. The standard InChI is InChI=1S/C21H15N3O6/c25-19(13-4-1-6-15(10-13)24(28)29)17-18(14-5-2-8-22-11-14)23(21(27)20(17)26)12-16-7-3-9-30-16/h1-11,18,25H,12H2/t18-/m0/s1. The Morgan fingerprint density at radius 2 is 2.03 bits per heavy atom. The van der Waals surface area contributed by atoms with Crippen molar-refractivity contribution in [2.24, 2.45) is 0 Å². The van der Waals surface area contributed by atoms with E-state index in [2.05, 4.69) is 4.98 Å². The highest BCUT2D eigenvalue weighted by Gasteiger charge is 2.46. The van der Waals surface area contributed by atoms with Crippen LogP contribution in [-0.2, 0) is 16.1 Å². The quantitative estimate of drug-likeness (QED) is 0.227. The van der Waals surface area contributed by atoms with Gasteiger partial charge in [0.05, 0.1) is 29.3 Å². The Kier molecular flexibility index (Phi) is 4.85. The largest absolute Gasteiger partial charge is 0.507 e. The van der Waals surface area contributed by atoms with Crippen molar-refractivity contribution in [3.05, 3.63) is 99.8 Å². The Morgan fingerprint density at radius 1 is 1.20 bits per heavy atom. The lowest BCUT2D eigenvalue weighted by Gasteiger charge is -2.24. The van der Waals surface area contributed by atoms with Crippen molar-refractivity contribution in [1.29, 1.82) is 0 Å². The highest BCUT2D eigenvalue weighted by molar-refractivity contribution is 6.46. The van der Waals surface area contributed by atoms with Crippen molar-refractivity contribution in [3.63, 3.8) is 0 Å². The number of aliphatic hydroxyl groups excluding tert-OH is 1. The molecule has 0 saturated carbocycles. The molecule has 1 fully saturated rings. The lowest BCUT2D eigenvalue weighted by atomic mass is 9.96. The van der Waals surface area contributed by atoms with Crippen LogP contribution in [0.3, 0.4) is 0 Å². The fourth-order valence-corrected chi connectivity index (χ4v) is 3.42. The number of furan rings is 1. The van der Waals surface area contributed by atoms with Crippen LogP contribution in [0.1, 0.15) is 22.9 Å². The number of aromatic nitrogens is 1. The molecule has 9 nitrogen and oxygen atoms in total. The molecule has 0 radical (unpaired) electrons. The number of benzene rings is 1. The number of ketones is 1.